The average Bonchev–Trinajstić information content (AvgIpc) is 2.99. The van der Waals surface area contributed by atoms with E-state index in [2.05, 4.69) is 33.9 Å². The van der Waals surface area contributed by atoms with E-state index in [0.717, 1.165) is 31.7 Å². The second kappa shape index (κ2) is 7.70. The van der Waals surface area contributed by atoms with Gasteiger partial charge in [-0.15, -0.1) is 0 Å². The molecule has 20 heavy (non-hydrogen) atoms. The molecule has 2 rings (SSSR count). The number of ether oxygens (including phenoxy) is 1. The predicted octanol–water partition coefficient (Wildman–Crippen LogP) is 3.02. The third kappa shape index (κ3) is 3.84. The number of nitrogens with zero attached hydrogens (tertiary/aromatic N) is 2. The maximum absolute atomic E-state index is 5.95. The van der Waals surface area contributed by atoms with Crippen molar-refractivity contribution in [2.45, 2.75) is 32.4 Å². The fraction of sp³-hybridized carbons (Fsp3) is 0.438. The Hall–Kier alpha value is -1.81. The van der Waals surface area contributed by atoms with Gasteiger partial charge < -0.3 is 14.6 Å². The monoisotopic (exact) mass is 273 g/mol. The lowest BCUT2D eigenvalue weighted by atomic mass is 10.0. The quantitative estimate of drug-likeness (QED) is 0.751. The third-order valence-electron chi connectivity index (χ3n) is 3.43. The number of imidazole rings is 1. The fourth-order valence-electron chi connectivity index (χ4n) is 2.33. The van der Waals surface area contributed by atoms with E-state index in [-0.39, 0.29) is 0 Å². The summed E-state index contributed by atoms with van der Waals surface area (Å²) in [5.74, 6) is 0.985. The van der Waals surface area contributed by atoms with Crippen LogP contribution in [0.3, 0.4) is 0 Å². The number of hydrogen-bond acceptors (Lipinski definition) is 3. The normalized spacial score (nSPS) is 12.3. The van der Waals surface area contributed by atoms with Crippen LogP contribution < -0.4 is 10.1 Å². The number of benzene rings is 1. The van der Waals surface area contributed by atoms with Crippen molar-refractivity contribution in [1.29, 1.82) is 0 Å². The molecule has 0 saturated heterocycles. The summed E-state index contributed by atoms with van der Waals surface area (Å²) in [6.07, 6.45) is 7.63. The Morgan fingerprint density at radius 1 is 1.35 bits per heavy atom. The highest BCUT2D eigenvalue weighted by Gasteiger charge is 2.11. The molecule has 1 unspecified atom stereocenters. The molecule has 0 amide bonds. The zero-order valence-corrected chi connectivity index (χ0v) is 12.2. The van der Waals surface area contributed by atoms with E-state index >= 15 is 0 Å². The minimum atomic E-state index is 0.347. The predicted molar refractivity (Wildman–Crippen MR) is 80.9 cm³/mol. The lowest BCUT2D eigenvalue weighted by molar-refractivity contribution is 0.295. The van der Waals surface area contributed by atoms with Crippen molar-refractivity contribution in [2.24, 2.45) is 0 Å². The van der Waals surface area contributed by atoms with Crippen molar-refractivity contribution in [3.05, 3.63) is 48.5 Å². The molecule has 0 bridgehead atoms. The molecule has 0 aliphatic carbocycles. The summed E-state index contributed by atoms with van der Waals surface area (Å²) < 4.78 is 8.01. The van der Waals surface area contributed by atoms with Crippen molar-refractivity contribution in [3.8, 4) is 5.75 Å². The number of para-hydroxylation sites is 1. The molecule has 2 aromatic rings. The molecule has 1 aromatic carbocycles. The maximum atomic E-state index is 5.95. The zero-order chi connectivity index (χ0) is 14.2. The summed E-state index contributed by atoms with van der Waals surface area (Å²) in [6.45, 7) is 3.83. The van der Waals surface area contributed by atoms with Gasteiger partial charge in [-0.25, -0.2) is 4.98 Å². The zero-order valence-electron chi connectivity index (χ0n) is 12.2. The van der Waals surface area contributed by atoms with Crippen LogP contribution in [0.1, 0.15) is 31.4 Å². The van der Waals surface area contributed by atoms with Gasteiger partial charge in [0.05, 0.1) is 12.9 Å². The Kier molecular flexibility index (Phi) is 5.62. The SMILES string of the molecule is CCC(NC)c1ccccc1OCCCn1ccnc1. The minimum absolute atomic E-state index is 0.347. The van der Waals surface area contributed by atoms with Crippen molar-refractivity contribution in [2.75, 3.05) is 13.7 Å². The molecule has 1 heterocycles. The molecule has 1 atom stereocenters. The van der Waals surface area contributed by atoms with Gasteiger partial charge in [-0.1, -0.05) is 25.1 Å². The van der Waals surface area contributed by atoms with Crippen LogP contribution in [-0.4, -0.2) is 23.2 Å². The first-order valence-electron chi connectivity index (χ1n) is 7.20. The number of hydrogen-bond donors (Lipinski definition) is 1. The van der Waals surface area contributed by atoms with Crippen molar-refractivity contribution < 1.29 is 4.74 Å². The fourth-order valence-corrected chi connectivity index (χ4v) is 2.33. The smallest absolute Gasteiger partial charge is 0.124 e. The van der Waals surface area contributed by atoms with Crippen LogP contribution >= 0.6 is 0 Å². The van der Waals surface area contributed by atoms with Crippen LogP contribution in [0.25, 0.3) is 0 Å². The minimum Gasteiger partial charge on any atom is -0.493 e. The van der Waals surface area contributed by atoms with Gasteiger partial charge in [0.15, 0.2) is 0 Å². The Labute approximate surface area is 120 Å². The van der Waals surface area contributed by atoms with Crippen LogP contribution in [0.4, 0.5) is 0 Å². The van der Waals surface area contributed by atoms with Crippen LogP contribution in [0.15, 0.2) is 43.0 Å². The number of aryl methyl sites for hydroxylation is 1. The Morgan fingerprint density at radius 2 is 2.20 bits per heavy atom. The van der Waals surface area contributed by atoms with Crippen molar-refractivity contribution in [1.82, 2.24) is 14.9 Å². The molecule has 0 spiro atoms. The van der Waals surface area contributed by atoms with E-state index in [1.807, 2.05) is 31.7 Å². The van der Waals surface area contributed by atoms with Crippen LogP contribution in [0.5, 0.6) is 5.75 Å². The first kappa shape index (κ1) is 14.6. The van der Waals surface area contributed by atoms with Crippen LogP contribution in [-0.2, 0) is 6.54 Å². The van der Waals surface area contributed by atoms with Crippen molar-refractivity contribution in [3.63, 3.8) is 0 Å². The Balaban J connectivity index is 1.88. The third-order valence-corrected chi connectivity index (χ3v) is 3.43. The van der Waals surface area contributed by atoms with E-state index in [9.17, 15) is 0 Å². The summed E-state index contributed by atoms with van der Waals surface area (Å²) in [7, 11) is 1.99. The molecule has 1 aromatic heterocycles. The van der Waals surface area contributed by atoms with Crippen LogP contribution in [0.2, 0.25) is 0 Å². The van der Waals surface area contributed by atoms with E-state index in [1.54, 1.807) is 6.20 Å². The first-order valence-corrected chi connectivity index (χ1v) is 7.20. The largest absolute Gasteiger partial charge is 0.493 e. The highest BCUT2D eigenvalue weighted by Crippen LogP contribution is 2.26. The lowest BCUT2D eigenvalue weighted by Gasteiger charge is -2.18. The van der Waals surface area contributed by atoms with E-state index in [0.29, 0.717) is 6.04 Å². The first-order chi connectivity index (χ1) is 9.85. The molecule has 4 nitrogen and oxygen atoms in total. The number of nitrogens with one attached hydrogen (secondary N) is 1. The van der Waals surface area contributed by atoms with E-state index < -0.39 is 0 Å². The van der Waals surface area contributed by atoms with Crippen LogP contribution in [0, 0.1) is 0 Å². The lowest BCUT2D eigenvalue weighted by Crippen LogP contribution is -2.16. The maximum Gasteiger partial charge on any atom is 0.124 e. The molecule has 4 heteroatoms. The molecule has 108 valence electrons. The second-order valence-electron chi connectivity index (χ2n) is 4.79. The molecule has 0 saturated carbocycles. The molecule has 0 fully saturated rings. The van der Waals surface area contributed by atoms with Gasteiger partial charge in [-0.05, 0) is 26.0 Å². The van der Waals surface area contributed by atoms with Gasteiger partial charge in [0, 0.05) is 30.5 Å². The summed E-state index contributed by atoms with van der Waals surface area (Å²) in [5, 5.41) is 3.33. The summed E-state index contributed by atoms with van der Waals surface area (Å²) >= 11 is 0. The highest BCUT2D eigenvalue weighted by molar-refractivity contribution is 5.35. The average molecular weight is 273 g/mol. The Morgan fingerprint density at radius 3 is 2.90 bits per heavy atom. The number of aromatic nitrogens is 2. The summed E-state index contributed by atoms with van der Waals surface area (Å²) in [5.41, 5.74) is 1.24. The van der Waals surface area contributed by atoms with E-state index in [4.69, 9.17) is 4.74 Å². The molecular weight excluding hydrogens is 250 g/mol. The summed E-state index contributed by atoms with van der Waals surface area (Å²) in [4.78, 5) is 4.03. The molecule has 1 N–H and O–H groups in total. The van der Waals surface area contributed by atoms with Gasteiger partial charge >= 0.3 is 0 Å². The number of rotatable bonds is 8. The molecule has 0 aliphatic rings. The Bertz CT molecular complexity index is 492. The molecular formula is C16H23N3O. The molecule has 0 radical (unpaired) electrons. The van der Waals surface area contributed by atoms with Gasteiger partial charge in [-0.2, -0.15) is 0 Å². The highest BCUT2D eigenvalue weighted by atomic mass is 16.5. The van der Waals surface area contributed by atoms with Gasteiger partial charge in [0.2, 0.25) is 0 Å². The van der Waals surface area contributed by atoms with Crippen molar-refractivity contribution >= 4 is 0 Å². The summed E-state index contributed by atoms with van der Waals surface area (Å²) in [6, 6.07) is 8.62. The topological polar surface area (TPSA) is 39.1 Å². The standard InChI is InChI=1S/C16H23N3O/c1-3-15(17-2)14-7-4-5-8-16(14)20-12-6-10-19-11-9-18-13-19/h4-5,7-9,11,13,15,17H,3,6,10,12H2,1-2H3. The van der Waals surface area contributed by atoms with Gasteiger partial charge in [0.1, 0.15) is 5.75 Å². The molecule has 0 aliphatic heterocycles. The van der Waals surface area contributed by atoms with Gasteiger partial charge in [-0.3, -0.25) is 0 Å². The second-order valence-corrected chi connectivity index (χ2v) is 4.79. The van der Waals surface area contributed by atoms with Gasteiger partial charge in [0.25, 0.3) is 0 Å². The van der Waals surface area contributed by atoms with E-state index in [1.165, 1.54) is 5.56 Å².